The van der Waals surface area contributed by atoms with Crippen molar-refractivity contribution >= 4 is 11.8 Å². The summed E-state index contributed by atoms with van der Waals surface area (Å²) in [6.07, 6.45) is 1.13. The predicted octanol–water partition coefficient (Wildman–Crippen LogP) is 10.9. The summed E-state index contributed by atoms with van der Waals surface area (Å²) in [5.74, 6) is 0. The van der Waals surface area contributed by atoms with Crippen LogP contribution in [0.25, 0.3) is 22.3 Å². The quantitative estimate of drug-likeness (QED) is 0.225. The van der Waals surface area contributed by atoms with Gasteiger partial charge < -0.3 is 0 Å². The molecule has 0 spiro atoms. The summed E-state index contributed by atoms with van der Waals surface area (Å²) in [6, 6.07) is 36.0. The van der Waals surface area contributed by atoms with Crippen LogP contribution in [0, 0.1) is 0 Å². The van der Waals surface area contributed by atoms with E-state index in [2.05, 4.69) is 152 Å². The topological polar surface area (TPSA) is 0 Å². The van der Waals surface area contributed by atoms with Gasteiger partial charge >= 0.3 is 0 Å². The van der Waals surface area contributed by atoms with Crippen molar-refractivity contribution in [2.75, 3.05) is 0 Å². The van der Waals surface area contributed by atoms with Gasteiger partial charge in [0, 0.05) is 15.1 Å². The lowest BCUT2D eigenvalue weighted by Crippen LogP contribution is -2.21. The Labute approximate surface area is 229 Å². The first kappa shape index (κ1) is 27.3. The molecule has 0 saturated heterocycles. The van der Waals surface area contributed by atoms with Crippen molar-refractivity contribution in [3.05, 3.63) is 114 Å². The van der Waals surface area contributed by atoms with Crippen LogP contribution in [-0.4, -0.2) is 4.75 Å². The number of hydrogen-bond donors (Lipinski definition) is 0. The molecule has 4 rings (SSSR count). The maximum atomic E-state index is 2.43. The second-order valence-corrected chi connectivity index (χ2v) is 14.0. The Morgan fingerprint density at radius 1 is 0.568 bits per heavy atom. The van der Waals surface area contributed by atoms with Crippen LogP contribution in [0.15, 0.2) is 102 Å². The third kappa shape index (κ3) is 6.04. The van der Waals surface area contributed by atoms with Crippen molar-refractivity contribution in [1.82, 2.24) is 0 Å². The third-order valence-electron chi connectivity index (χ3n) is 7.66. The summed E-state index contributed by atoms with van der Waals surface area (Å²) >= 11 is 1.99. The van der Waals surface area contributed by atoms with Crippen molar-refractivity contribution in [2.24, 2.45) is 0 Å². The largest absolute Gasteiger partial charge is 0.119 e. The molecule has 0 saturated carbocycles. The highest BCUT2D eigenvalue weighted by atomic mass is 32.2. The Kier molecular flexibility index (Phi) is 7.77. The van der Waals surface area contributed by atoms with Crippen molar-refractivity contribution in [2.45, 2.75) is 82.3 Å². The highest BCUT2D eigenvalue weighted by Gasteiger charge is 2.28. The van der Waals surface area contributed by atoms with Gasteiger partial charge in [0.1, 0.15) is 0 Å². The first-order valence-corrected chi connectivity index (χ1v) is 14.3. The van der Waals surface area contributed by atoms with E-state index in [0.29, 0.717) is 0 Å². The van der Waals surface area contributed by atoms with Crippen LogP contribution in [0.1, 0.15) is 78.5 Å². The molecule has 37 heavy (non-hydrogen) atoms. The van der Waals surface area contributed by atoms with Gasteiger partial charge in [-0.25, -0.2) is 0 Å². The molecular weight excluding hydrogens is 464 g/mol. The van der Waals surface area contributed by atoms with Gasteiger partial charge in [-0.3, -0.25) is 0 Å². The Hall–Kier alpha value is -2.77. The van der Waals surface area contributed by atoms with E-state index in [-0.39, 0.29) is 15.6 Å². The molecule has 0 aliphatic rings. The number of thioether (sulfide) groups is 1. The fraction of sp³-hybridized carbons (Fsp3) is 0.333. The molecule has 0 N–H and O–H groups in total. The van der Waals surface area contributed by atoms with Crippen molar-refractivity contribution in [3.8, 4) is 22.3 Å². The van der Waals surface area contributed by atoms with Crippen molar-refractivity contribution in [1.29, 1.82) is 0 Å². The van der Waals surface area contributed by atoms with Crippen LogP contribution in [-0.2, 0) is 10.8 Å². The molecule has 0 atom stereocenters. The van der Waals surface area contributed by atoms with Crippen LogP contribution in [0.5, 0.6) is 0 Å². The molecule has 0 fully saturated rings. The summed E-state index contributed by atoms with van der Waals surface area (Å²) in [5.41, 5.74) is 9.21. The molecule has 0 aliphatic heterocycles. The molecule has 4 aromatic carbocycles. The lowest BCUT2D eigenvalue weighted by molar-refractivity contribution is 0.589. The molecule has 0 bridgehead atoms. The zero-order valence-electron chi connectivity index (χ0n) is 23.9. The molecule has 0 heterocycles. The van der Waals surface area contributed by atoms with Gasteiger partial charge in [0.15, 0.2) is 0 Å². The fourth-order valence-electron chi connectivity index (χ4n) is 4.83. The first-order chi connectivity index (χ1) is 17.4. The van der Waals surface area contributed by atoms with Crippen molar-refractivity contribution < 1.29 is 0 Å². The molecule has 4 aromatic rings. The van der Waals surface area contributed by atoms with Gasteiger partial charge in [-0.2, -0.15) is 0 Å². The standard InChI is InChI=1S/C36H42S/c1-9-35(5,6)37-33-23-21-29(25-31(33)27-18-14-11-15-19-27)36(7,8)28-20-22-32(34(2,3)4)30(24-28)26-16-12-10-13-17-26/h10-25H,9H2,1-8H3. The van der Waals surface area contributed by atoms with Crippen LogP contribution in [0.2, 0.25) is 0 Å². The zero-order valence-corrected chi connectivity index (χ0v) is 24.7. The van der Waals surface area contributed by atoms with Gasteiger partial charge in [-0.05, 0) is 69.0 Å². The molecule has 0 aliphatic carbocycles. The SMILES string of the molecule is CCC(C)(C)Sc1ccc(C(C)(C)c2ccc(C(C)(C)C)c(-c3ccccc3)c2)cc1-c1ccccc1. The smallest absolute Gasteiger partial charge is 0.0156 e. The van der Waals surface area contributed by atoms with E-state index in [4.69, 9.17) is 0 Å². The second kappa shape index (κ2) is 10.5. The number of benzene rings is 4. The van der Waals surface area contributed by atoms with Gasteiger partial charge in [-0.1, -0.05) is 134 Å². The second-order valence-electron chi connectivity index (χ2n) is 12.3. The minimum atomic E-state index is -0.146. The average Bonchev–Trinajstić information content (AvgIpc) is 2.89. The summed E-state index contributed by atoms with van der Waals surface area (Å²) in [7, 11) is 0. The Bertz CT molecular complexity index is 1340. The highest BCUT2D eigenvalue weighted by Crippen LogP contribution is 2.44. The monoisotopic (exact) mass is 506 g/mol. The van der Waals surface area contributed by atoms with E-state index in [1.165, 1.54) is 43.8 Å². The molecule has 0 unspecified atom stereocenters. The first-order valence-electron chi connectivity index (χ1n) is 13.5. The van der Waals surface area contributed by atoms with E-state index in [0.717, 1.165) is 6.42 Å². The Balaban J connectivity index is 1.85. The van der Waals surface area contributed by atoms with E-state index < -0.39 is 0 Å². The summed E-state index contributed by atoms with van der Waals surface area (Å²) in [5, 5.41) is 0. The maximum Gasteiger partial charge on any atom is 0.0156 e. The molecule has 1 heteroatoms. The van der Waals surface area contributed by atoms with Crippen LogP contribution in [0.3, 0.4) is 0 Å². The molecule has 192 valence electrons. The lowest BCUT2D eigenvalue weighted by atomic mass is 9.74. The lowest BCUT2D eigenvalue weighted by Gasteiger charge is -2.31. The average molecular weight is 507 g/mol. The zero-order chi connectivity index (χ0) is 26.8. The highest BCUT2D eigenvalue weighted by molar-refractivity contribution is 8.00. The fourth-order valence-corrected chi connectivity index (χ4v) is 5.99. The molecule has 0 amide bonds. The van der Waals surface area contributed by atoms with E-state index in [1.807, 2.05) is 11.8 Å². The molecule has 0 aromatic heterocycles. The summed E-state index contributed by atoms with van der Waals surface area (Å²) < 4.78 is 0.188. The Morgan fingerprint density at radius 2 is 1.05 bits per heavy atom. The number of rotatable bonds is 7. The number of hydrogen-bond acceptors (Lipinski definition) is 1. The van der Waals surface area contributed by atoms with E-state index in [9.17, 15) is 0 Å². The summed E-state index contributed by atoms with van der Waals surface area (Å²) in [4.78, 5) is 1.35. The van der Waals surface area contributed by atoms with Gasteiger partial charge in [-0.15, -0.1) is 11.8 Å². The minimum absolute atomic E-state index is 0.0687. The molecule has 0 nitrogen and oxygen atoms in total. The molecule has 0 radical (unpaired) electrons. The van der Waals surface area contributed by atoms with Gasteiger partial charge in [0.2, 0.25) is 0 Å². The van der Waals surface area contributed by atoms with Crippen LogP contribution < -0.4 is 0 Å². The Morgan fingerprint density at radius 3 is 1.57 bits per heavy atom. The van der Waals surface area contributed by atoms with E-state index >= 15 is 0 Å². The van der Waals surface area contributed by atoms with Crippen LogP contribution in [0.4, 0.5) is 0 Å². The predicted molar refractivity (Wildman–Crippen MR) is 165 cm³/mol. The van der Waals surface area contributed by atoms with Crippen LogP contribution >= 0.6 is 11.8 Å². The maximum absolute atomic E-state index is 2.43. The summed E-state index contributed by atoms with van der Waals surface area (Å²) in [6.45, 7) is 18.6. The third-order valence-corrected chi connectivity index (χ3v) is 9.07. The molecular formula is C36H42S. The minimum Gasteiger partial charge on any atom is -0.119 e. The van der Waals surface area contributed by atoms with Gasteiger partial charge in [0.25, 0.3) is 0 Å². The van der Waals surface area contributed by atoms with Crippen molar-refractivity contribution in [3.63, 3.8) is 0 Å². The van der Waals surface area contributed by atoms with E-state index in [1.54, 1.807) is 0 Å². The van der Waals surface area contributed by atoms with Gasteiger partial charge in [0.05, 0.1) is 0 Å². The normalized spacial score (nSPS) is 12.5.